The third kappa shape index (κ3) is 2.63. The number of cyclic esters (lactones) is 1. The molecule has 2 aromatic carbocycles. The molecule has 3 aromatic rings. The van der Waals surface area contributed by atoms with Gasteiger partial charge >= 0.3 is 6.09 Å². The van der Waals surface area contributed by atoms with Crippen molar-refractivity contribution < 1.29 is 18.7 Å². The predicted octanol–water partition coefficient (Wildman–Crippen LogP) is 4.07. The fourth-order valence-electron chi connectivity index (χ4n) is 2.95. The lowest BCUT2D eigenvalue weighted by atomic mass is 10.1. The molecule has 4 rings (SSSR count). The van der Waals surface area contributed by atoms with Crippen LogP contribution in [0.1, 0.15) is 0 Å². The van der Waals surface area contributed by atoms with Crippen LogP contribution in [0.5, 0.6) is 0 Å². The number of furan rings is 1. The lowest BCUT2D eigenvalue weighted by Crippen LogP contribution is -2.25. The number of carbonyl (C=O) groups is 1. The highest BCUT2D eigenvalue weighted by Crippen LogP contribution is 2.31. The molecule has 5 heteroatoms. The molecule has 1 atom stereocenters. The summed E-state index contributed by atoms with van der Waals surface area (Å²) in [5.74, 6) is 0.809. The van der Waals surface area contributed by atoms with Gasteiger partial charge in [0.1, 0.15) is 17.4 Å². The van der Waals surface area contributed by atoms with Crippen molar-refractivity contribution in [3.05, 3.63) is 54.6 Å². The van der Waals surface area contributed by atoms with Crippen molar-refractivity contribution in [2.75, 3.05) is 25.2 Å². The molecule has 1 aliphatic rings. The summed E-state index contributed by atoms with van der Waals surface area (Å²) in [5, 5.41) is 0.953. The number of amides is 1. The van der Waals surface area contributed by atoms with E-state index in [1.54, 1.807) is 12.0 Å². The van der Waals surface area contributed by atoms with Crippen molar-refractivity contribution in [3.8, 4) is 11.3 Å². The van der Waals surface area contributed by atoms with Gasteiger partial charge in [-0.15, -0.1) is 0 Å². The van der Waals surface area contributed by atoms with Crippen LogP contribution in [-0.4, -0.2) is 32.5 Å². The van der Waals surface area contributed by atoms with E-state index in [0.29, 0.717) is 13.2 Å². The molecule has 0 saturated carbocycles. The topological polar surface area (TPSA) is 51.9 Å². The van der Waals surface area contributed by atoms with Gasteiger partial charge in [0.15, 0.2) is 0 Å². The zero-order valence-corrected chi connectivity index (χ0v) is 13.3. The lowest BCUT2D eigenvalue weighted by Gasteiger charge is -2.12. The van der Waals surface area contributed by atoms with E-state index in [1.165, 1.54) is 0 Å². The molecule has 0 spiro atoms. The van der Waals surface area contributed by atoms with Gasteiger partial charge in [0, 0.05) is 23.7 Å². The van der Waals surface area contributed by atoms with Crippen LogP contribution in [0.15, 0.2) is 59.0 Å². The molecule has 0 aliphatic carbocycles. The Hall–Kier alpha value is -2.79. The third-order valence-electron chi connectivity index (χ3n) is 4.10. The first-order valence-electron chi connectivity index (χ1n) is 7.81. The molecule has 0 radical (unpaired) electrons. The van der Waals surface area contributed by atoms with Crippen LogP contribution in [0.25, 0.3) is 22.3 Å². The Morgan fingerprint density at radius 1 is 1.17 bits per heavy atom. The lowest BCUT2D eigenvalue weighted by molar-refractivity contribution is 0.0718. The van der Waals surface area contributed by atoms with Crippen LogP contribution in [0.2, 0.25) is 0 Å². The summed E-state index contributed by atoms with van der Waals surface area (Å²) >= 11 is 0. The summed E-state index contributed by atoms with van der Waals surface area (Å²) in [6.07, 6.45) is -0.578. The maximum atomic E-state index is 12.0. The molecule has 1 aromatic heterocycles. The highest BCUT2D eigenvalue weighted by molar-refractivity contribution is 5.94. The maximum Gasteiger partial charge on any atom is 0.414 e. The van der Waals surface area contributed by atoms with E-state index in [4.69, 9.17) is 13.9 Å². The maximum absolute atomic E-state index is 12.0. The molecule has 1 fully saturated rings. The van der Waals surface area contributed by atoms with E-state index < -0.39 is 0 Å². The Labute approximate surface area is 139 Å². The van der Waals surface area contributed by atoms with Crippen LogP contribution in [0, 0.1) is 0 Å². The quantitative estimate of drug-likeness (QED) is 0.726. The fraction of sp³-hybridized carbons (Fsp3) is 0.211. The SMILES string of the molecule is COC[C@H]1CN(c2ccc3oc(-c4ccccc4)cc3c2)C(=O)O1. The largest absolute Gasteiger partial charge is 0.456 e. The van der Waals surface area contributed by atoms with Crippen molar-refractivity contribution in [2.24, 2.45) is 0 Å². The molecule has 122 valence electrons. The van der Waals surface area contributed by atoms with Gasteiger partial charge in [0.25, 0.3) is 0 Å². The molecule has 0 unspecified atom stereocenters. The van der Waals surface area contributed by atoms with Gasteiger partial charge < -0.3 is 13.9 Å². The molecular weight excluding hydrogens is 306 g/mol. The van der Waals surface area contributed by atoms with Gasteiger partial charge in [-0.3, -0.25) is 4.90 Å². The van der Waals surface area contributed by atoms with Crippen LogP contribution in [0.4, 0.5) is 10.5 Å². The minimum absolute atomic E-state index is 0.234. The summed E-state index contributed by atoms with van der Waals surface area (Å²) in [4.78, 5) is 13.7. The number of ether oxygens (including phenoxy) is 2. The highest BCUT2D eigenvalue weighted by Gasteiger charge is 2.32. The van der Waals surface area contributed by atoms with Gasteiger partial charge in [-0.05, 0) is 24.3 Å². The summed E-state index contributed by atoms with van der Waals surface area (Å²) in [5.41, 5.74) is 2.61. The Balaban J connectivity index is 1.65. The molecule has 0 bridgehead atoms. The van der Waals surface area contributed by atoms with Crippen molar-refractivity contribution in [1.29, 1.82) is 0 Å². The number of anilines is 1. The molecule has 2 heterocycles. The average molecular weight is 323 g/mol. The minimum atomic E-state index is -0.344. The van der Waals surface area contributed by atoms with Crippen LogP contribution >= 0.6 is 0 Å². The van der Waals surface area contributed by atoms with E-state index in [1.807, 2.05) is 54.6 Å². The second kappa shape index (κ2) is 6.02. The number of methoxy groups -OCH3 is 1. The minimum Gasteiger partial charge on any atom is -0.456 e. The first-order valence-corrected chi connectivity index (χ1v) is 7.81. The van der Waals surface area contributed by atoms with E-state index in [2.05, 4.69) is 0 Å². The molecule has 24 heavy (non-hydrogen) atoms. The highest BCUT2D eigenvalue weighted by atomic mass is 16.6. The molecule has 1 amide bonds. The second-order valence-corrected chi connectivity index (χ2v) is 5.77. The smallest absolute Gasteiger partial charge is 0.414 e. The first kappa shape index (κ1) is 14.8. The number of hydrogen-bond donors (Lipinski definition) is 0. The Kier molecular flexibility index (Phi) is 3.70. The predicted molar refractivity (Wildman–Crippen MR) is 91.1 cm³/mol. The van der Waals surface area contributed by atoms with Gasteiger partial charge in [0.2, 0.25) is 0 Å². The zero-order valence-electron chi connectivity index (χ0n) is 13.3. The average Bonchev–Trinajstić information content (AvgIpc) is 3.18. The fourth-order valence-corrected chi connectivity index (χ4v) is 2.95. The molecule has 1 aliphatic heterocycles. The third-order valence-corrected chi connectivity index (χ3v) is 4.10. The summed E-state index contributed by atoms with van der Waals surface area (Å²) < 4.78 is 16.3. The number of fused-ring (bicyclic) bond motifs is 1. The Morgan fingerprint density at radius 2 is 2.00 bits per heavy atom. The van der Waals surface area contributed by atoms with Crippen molar-refractivity contribution in [3.63, 3.8) is 0 Å². The number of hydrogen-bond acceptors (Lipinski definition) is 4. The van der Waals surface area contributed by atoms with Crippen molar-refractivity contribution in [2.45, 2.75) is 6.10 Å². The van der Waals surface area contributed by atoms with E-state index >= 15 is 0 Å². The van der Waals surface area contributed by atoms with Gasteiger partial charge in [-0.25, -0.2) is 4.79 Å². The van der Waals surface area contributed by atoms with E-state index in [-0.39, 0.29) is 12.2 Å². The molecular formula is C19H17NO4. The second-order valence-electron chi connectivity index (χ2n) is 5.77. The molecule has 5 nitrogen and oxygen atoms in total. The summed E-state index contributed by atoms with van der Waals surface area (Å²) in [6, 6.07) is 17.6. The van der Waals surface area contributed by atoms with Crippen LogP contribution in [0.3, 0.4) is 0 Å². The van der Waals surface area contributed by atoms with Crippen molar-refractivity contribution in [1.82, 2.24) is 0 Å². The van der Waals surface area contributed by atoms with Gasteiger partial charge in [-0.2, -0.15) is 0 Å². The standard InChI is InChI=1S/C19H17NO4/c1-22-12-16-11-20(19(21)23-16)15-7-8-17-14(9-15)10-18(24-17)13-5-3-2-4-6-13/h2-10,16H,11-12H2,1H3/t16-/m1/s1. The monoisotopic (exact) mass is 323 g/mol. The van der Waals surface area contributed by atoms with Gasteiger partial charge in [0.05, 0.1) is 13.2 Å². The van der Waals surface area contributed by atoms with E-state index in [0.717, 1.165) is 28.0 Å². The van der Waals surface area contributed by atoms with Crippen LogP contribution < -0.4 is 4.90 Å². The number of carbonyl (C=O) groups excluding carboxylic acids is 1. The number of benzene rings is 2. The first-order chi connectivity index (χ1) is 11.7. The number of nitrogens with zero attached hydrogens (tertiary/aromatic N) is 1. The van der Waals surface area contributed by atoms with Crippen molar-refractivity contribution >= 4 is 22.7 Å². The molecule has 0 N–H and O–H groups in total. The molecule has 1 saturated heterocycles. The Morgan fingerprint density at radius 3 is 2.79 bits per heavy atom. The zero-order chi connectivity index (χ0) is 16.5. The summed E-state index contributed by atoms with van der Waals surface area (Å²) in [6.45, 7) is 0.885. The van der Waals surface area contributed by atoms with Crippen LogP contribution in [-0.2, 0) is 9.47 Å². The van der Waals surface area contributed by atoms with Gasteiger partial charge in [-0.1, -0.05) is 30.3 Å². The summed E-state index contributed by atoms with van der Waals surface area (Å²) in [7, 11) is 1.60. The number of rotatable bonds is 4. The Bertz CT molecular complexity index is 871. The van der Waals surface area contributed by atoms with E-state index in [9.17, 15) is 4.79 Å². The normalized spacial score (nSPS) is 17.5.